The van der Waals surface area contributed by atoms with Crippen LogP contribution < -0.4 is 4.74 Å². The van der Waals surface area contributed by atoms with Crippen LogP contribution in [0.15, 0.2) is 18.2 Å². The summed E-state index contributed by atoms with van der Waals surface area (Å²) in [4.78, 5) is 0. The van der Waals surface area contributed by atoms with Crippen LogP contribution in [0.2, 0.25) is 0 Å². The highest BCUT2D eigenvalue weighted by Crippen LogP contribution is 2.19. The number of hydrogen-bond donors (Lipinski definition) is 0. The van der Waals surface area contributed by atoms with Gasteiger partial charge in [0.1, 0.15) is 17.7 Å². The van der Waals surface area contributed by atoms with Gasteiger partial charge in [0.15, 0.2) is 0 Å². The lowest BCUT2D eigenvalue weighted by atomic mass is 10.2. The van der Waals surface area contributed by atoms with Crippen molar-refractivity contribution in [1.82, 2.24) is 0 Å². The fourth-order valence-electron chi connectivity index (χ4n) is 1.60. The van der Waals surface area contributed by atoms with Crippen molar-refractivity contribution in [2.45, 2.75) is 12.5 Å². The van der Waals surface area contributed by atoms with Crippen LogP contribution in [-0.4, -0.2) is 25.2 Å². The van der Waals surface area contributed by atoms with Crippen molar-refractivity contribution >= 4 is 11.6 Å². The van der Waals surface area contributed by atoms with Gasteiger partial charge in [0.05, 0.1) is 24.7 Å². The number of hydrogen-bond acceptors (Lipinski definition) is 2. The molecule has 1 heterocycles. The Morgan fingerprint density at radius 1 is 1.53 bits per heavy atom. The second kappa shape index (κ2) is 5.90. The zero-order chi connectivity index (χ0) is 12.1. The van der Waals surface area contributed by atoms with E-state index < -0.39 is 0 Å². The van der Waals surface area contributed by atoms with E-state index in [9.17, 15) is 4.39 Å². The number of benzene rings is 1. The Labute approximate surface area is 105 Å². The molecule has 0 amide bonds. The average Bonchev–Trinajstić information content (AvgIpc) is 2.81. The zero-order valence-corrected chi connectivity index (χ0v) is 9.97. The van der Waals surface area contributed by atoms with E-state index in [1.54, 1.807) is 12.1 Å². The summed E-state index contributed by atoms with van der Waals surface area (Å²) in [6.45, 7) is 1.27. The van der Waals surface area contributed by atoms with Crippen molar-refractivity contribution in [3.63, 3.8) is 0 Å². The highest BCUT2D eigenvalue weighted by Gasteiger charge is 2.17. The Bertz CT molecular complexity index is 444. The molecule has 0 aromatic heterocycles. The quantitative estimate of drug-likeness (QED) is 0.597. The average molecular weight is 255 g/mol. The lowest BCUT2D eigenvalue weighted by Gasteiger charge is -2.11. The summed E-state index contributed by atoms with van der Waals surface area (Å²) in [5.74, 6) is 5.57. The minimum absolute atomic E-state index is 0.0224. The second-order valence-electron chi connectivity index (χ2n) is 3.68. The molecular weight excluding hydrogens is 243 g/mol. The first-order valence-corrected chi connectivity index (χ1v) is 5.92. The molecule has 17 heavy (non-hydrogen) atoms. The minimum atomic E-state index is -0.390. The van der Waals surface area contributed by atoms with E-state index in [0.29, 0.717) is 24.5 Å². The van der Waals surface area contributed by atoms with Gasteiger partial charge in [-0.2, -0.15) is 0 Å². The van der Waals surface area contributed by atoms with E-state index in [1.165, 1.54) is 6.07 Å². The van der Waals surface area contributed by atoms with Crippen molar-refractivity contribution in [1.29, 1.82) is 0 Å². The van der Waals surface area contributed by atoms with Gasteiger partial charge in [-0.3, -0.25) is 0 Å². The molecule has 0 spiro atoms. The third kappa shape index (κ3) is 3.36. The summed E-state index contributed by atoms with van der Waals surface area (Å²) in [5.41, 5.74) is 0.334. The summed E-state index contributed by atoms with van der Waals surface area (Å²) in [6.07, 6.45) is 0.865. The lowest BCUT2D eigenvalue weighted by molar-refractivity contribution is 0.141. The van der Waals surface area contributed by atoms with E-state index in [0.717, 1.165) is 6.42 Å². The molecular formula is C13H12ClFO2. The maximum Gasteiger partial charge on any atom is 0.142 e. The van der Waals surface area contributed by atoms with Crippen LogP contribution in [0, 0.1) is 17.7 Å². The molecule has 90 valence electrons. The molecule has 0 saturated carbocycles. The Balaban J connectivity index is 2.07. The topological polar surface area (TPSA) is 18.5 Å². The van der Waals surface area contributed by atoms with Gasteiger partial charge in [-0.1, -0.05) is 11.8 Å². The summed E-state index contributed by atoms with van der Waals surface area (Å²) in [5, 5.41) is 0. The Morgan fingerprint density at radius 3 is 3.06 bits per heavy atom. The summed E-state index contributed by atoms with van der Waals surface area (Å²) < 4.78 is 24.3. The van der Waals surface area contributed by atoms with Crippen molar-refractivity contribution in [2.24, 2.45) is 0 Å². The number of alkyl halides is 1. The van der Waals surface area contributed by atoms with Gasteiger partial charge >= 0.3 is 0 Å². The molecule has 1 aromatic rings. The molecule has 0 aliphatic carbocycles. The largest absolute Gasteiger partial charge is 0.488 e. The number of rotatable bonds is 2. The molecule has 2 nitrogen and oxygen atoms in total. The van der Waals surface area contributed by atoms with Gasteiger partial charge in [0.25, 0.3) is 0 Å². The fraction of sp³-hybridized carbons (Fsp3) is 0.385. The van der Waals surface area contributed by atoms with Gasteiger partial charge in [0.2, 0.25) is 0 Å². The predicted octanol–water partition coefficient (Wildman–Crippen LogP) is 2.58. The van der Waals surface area contributed by atoms with Crippen LogP contribution in [0.3, 0.4) is 0 Å². The van der Waals surface area contributed by atoms with Crippen LogP contribution >= 0.6 is 11.6 Å². The summed E-state index contributed by atoms with van der Waals surface area (Å²) in [7, 11) is 0. The molecule has 1 aromatic carbocycles. The second-order valence-corrected chi connectivity index (χ2v) is 3.95. The third-order valence-electron chi connectivity index (χ3n) is 2.42. The molecule has 0 radical (unpaired) electrons. The van der Waals surface area contributed by atoms with E-state index in [4.69, 9.17) is 21.1 Å². The molecule has 1 aliphatic heterocycles. The van der Waals surface area contributed by atoms with Crippen molar-refractivity contribution in [3.8, 4) is 17.6 Å². The monoisotopic (exact) mass is 254 g/mol. The highest BCUT2D eigenvalue weighted by atomic mass is 35.5. The van der Waals surface area contributed by atoms with Crippen molar-refractivity contribution < 1.29 is 13.9 Å². The summed E-state index contributed by atoms with van der Waals surface area (Å²) >= 11 is 5.41. The van der Waals surface area contributed by atoms with Crippen LogP contribution in [0.5, 0.6) is 5.75 Å². The van der Waals surface area contributed by atoms with E-state index in [2.05, 4.69) is 11.8 Å². The van der Waals surface area contributed by atoms with E-state index in [-0.39, 0.29) is 17.8 Å². The number of ether oxygens (including phenoxy) is 2. The molecule has 0 bridgehead atoms. The first kappa shape index (κ1) is 12.2. The van der Waals surface area contributed by atoms with E-state index in [1.807, 2.05) is 0 Å². The van der Waals surface area contributed by atoms with Gasteiger partial charge in [-0.05, 0) is 12.1 Å². The molecule has 1 saturated heterocycles. The SMILES string of the molecule is Fc1cc(OC2CCOC2)ccc1C#CCCl. The summed E-state index contributed by atoms with van der Waals surface area (Å²) in [6, 6.07) is 4.65. The molecule has 1 aliphatic rings. The van der Waals surface area contributed by atoms with Crippen molar-refractivity contribution in [3.05, 3.63) is 29.6 Å². The Hall–Kier alpha value is -1.24. The molecule has 0 N–H and O–H groups in total. The van der Waals surface area contributed by atoms with Crippen LogP contribution in [0.25, 0.3) is 0 Å². The zero-order valence-electron chi connectivity index (χ0n) is 9.21. The standard InChI is InChI=1S/C13H12ClFO2/c14-6-1-2-10-3-4-11(8-13(10)15)17-12-5-7-16-9-12/h3-4,8,12H,5-7,9H2. The van der Waals surface area contributed by atoms with Gasteiger partial charge in [-0.25, -0.2) is 4.39 Å². The minimum Gasteiger partial charge on any atom is -0.488 e. The third-order valence-corrected chi connectivity index (χ3v) is 2.55. The smallest absolute Gasteiger partial charge is 0.142 e. The fourth-order valence-corrected chi connectivity index (χ4v) is 1.66. The van der Waals surface area contributed by atoms with Crippen molar-refractivity contribution in [2.75, 3.05) is 19.1 Å². The van der Waals surface area contributed by atoms with Gasteiger partial charge in [0, 0.05) is 12.5 Å². The van der Waals surface area contributed by atoms with Gasteiger partial charge < -0.3 is 9.47 Å². The lowest BCUT2D eigenvalue weighted by Crippen LogP contribution is -2.15. The normalized spacial score (nSPS) is 18.6. The number of halogens is 2. The molecule has 1 unspecified atom stereocenters. The van der Waals surface area contributed by atoms with Crippen LogP contribution in [-0.2, 0) is 4.74 Å². The maximum absolute atomic E-state index is 13.6. The molecule has 1 atom stereocenters. The molecule has 4 heteroatoms. The predicted molar refractivity (Wildman–Crippen MR) is 63.9 cm³/mol. The molecule has 1 fully saturated rings. The highest BCUT2D eigenvalue weighted by molar-refractivity contribution is 6.19. The van der Waals surface area contributed by atoms with Gasteiger partial charge in [-0.15, -0.1) is 11.6 Å². The van der Waals surface area contributed by atoms with Crippen LogP contribution in [0.4, 0.5) is 4.39 Å². The Kier molecular flexibility index (Phi) is 4.24. The maximum atomic E-state index is 13.6. The first-order valence-electron chi connectivity index (χ1n) is 5.38. The Morgan fingerprint density at radius 2 is 2.41 bits per heavy atom. The molecule has 2 rings (SSSR count). The van der Waals surface area contributed by atoms with E-state index >= 15 is 0 Å². The van der Waals surface area contributed by atoms with Crippen LogP contribution in [0.1, 0.15) is 12.0 Å². The first-order chi connectivity index (χ1) is 8.29.